The third-order valence-corrected chi connectivity index (χ3v) is 8.96. The molecule has 0 aliphatic heterocycles. The van der Waals surface area contributed by atoms with E-state index in [4.69, 9.17) is 0 Å². The molecule has 0 radical (unpaired) electrons. The number of carbonyl (C=O) groups is 1. The molecule has 1 aromatic rings. The average molecular weight is 518 g/mol. The predicted molar refractivity (Wildman–Crippen MR) is 147 cm³/mol. The number of hydrogen-bond donors (Lipinski definition) is 5. The van der Waals surface area contributed by atoms with Gasteiger partial charge in [-0.2, -0.15) is 0 Å². The highest BCUT2D eigenvalue weighted by molar-refractivity contribution is 5.70. The van der Waals surface area contributed by atoms with Crippen LogP contribution in [0.5, 0.6) is 0 Å². The molecule has 3 rings (SSSR count). The second kappa shape index (κ2) is 15.1. The van der Waals surface area contributed by atoms with E-state index in [2.05, 4.69) is 30.1 Å². The summed E-state index contributed by atoms with van der Waals surface area (Å²) in [6.07, 6.45) is 21.0. The molecule has 1 aromatic heterocycles. The zero-order valence-corrected chi connectivity index (χ0v) is 22.9. The summed E-state index contributed by atoms with van der Waals surface area (Å²) >= 11 is 0. The van der Waals surface area contributed by atoms with Gasteiger partial charge in [-0.15, -0.1) is 0 Å². The highest BCUT2D eigenvalue weighted by atomic mass is 16.4. The van der Waals surface area contributed by atoms with Crippen LogP contribution in [0.3, 0.4) is 0 Å². The first-order valence-corrected chi connectivity index (χ1v) is 14.9. The topological polar surface area (TPSA) is 114 Å². The van der Waals surface area contributed by atoms with E-state index in [1.807, 2.05) is 12.4 Å². The van der Waals surface area contributed by atoms with Crippen molar-refractivity contribution < 1.29 is 25.2 Å². The number of nitrogens with one attached hydrogen (secondary N) is 1. The lowest BCUT2D eigenvalue weighted by atomic mass is 9.81. The summed E-state index contributed by atoms with van der Waals surface area (Å²) in [5.74, 6) is -0.599. The molecule has 0 bridgehead atoms. The van der Waals surface area contributed by atoms with Crippen molar-refractivity contribution >= 4 is 5.97 Å². The van der Waals surface area contributed by atoms with E-state index in [1.54, 1.807) is 0 Å². The number of allylic oxidation sites excluding steroid dienone is 1. The lowest BCUT2D eigenvalue weighted by Gasteiger charge is -2.28. The van der Waals surface area contributed by atoms with Crippen LogP contribution in [0.2, 0.25) is 0 Å². The largest absolute Gasteiger partial charge is 0.481 e. The Labute approximate surface area is 223 Å². The fourth-order valence-electron chi connectivity index (χ4n) is 6.60. The number of rotatable bonds is 17. The van der Waals surface area contributed by atoms with Crippen LogP contribution < -0.4 is 0 Å². The molecule has 0 amide bonds. The van der Waals surface area contributed by atoms with Gasteiger partial charge in [0.15, 0.2) is 0 Å². The van der Waals surface area contributed by atoms with E-state index in [1.165, 1.54) is 31.2 Å². The van der Waals surface area contributed by atoms with E-state index < -0.39 is 23.6 Å². The first-order valence-electron chi connectivity index (χ1n) is 14.9. The summed E-state index contributed by atoms with van der Waals surface area (Å²) in [7, 11) is 0. The fourth-order valence-corrected chi connectivity index (χ4v) is 6.60. The minimum atomic E-state index is -0.948. The molecule has 7 atom stereocenters. The molecule has 1 saturated carbocycles. The van der Waals surface area contributed by atoms with Crippen LogP contribution in [-0.2, 0) is 11.2 Å². The van der Waals surface area contributed by atoms with E-state index in [0.717, 1.165) is 44.9 Å². The number of carboxylic acid groups (broad SMARTS) is 1. The van der Waals surface area contributed by atoms with Crippen LogP contribution in [-0.4, -0.2) is 49.2 Å². The zero-order chi connectivity index (χ0) is 26.7. The molecule has 6 nitrogen and oxygen atoms in total. The van der Waals surface area contributed by atoms with Crippen molar-refractivity contribution in [3.63, 3.8) is 0 Å². The van der Waals surface area contributed by atoms with Crippen molar-refractivity contribution in [3.05, 3.63) is 36.2 Å². The molecule has 1 fully saturated rings. The van der Waals surface area contributed by atoms with Gasteiger partial charge in [0.25, 0.3) is 0 Å². The van der Waals surface area contributed by atoms with Crippen molar-refractivity contribution in [2.45, 2.75) is 127 Å². The summed E-state index contributed by atoms with van der Waals surface area (Å²) in [6.45, 7) is 2.21. The van der Waals surface area contributed by atoms with Gasteiger partial charge < -0.3 is 25.4 Å². The smallest absolute Gasteiger partial charge is 0.309 e. The van der Waals surface area contributed by atoms with Gasteiger partial charge in [-0.25, -0.2) is 0 Å². The Balaban J connectivity index is 1.33. The maximum Gasteiger partial charge on any atom is 0.309 e. The number of hydrogen-bond acceptors (Lipinski definition) is 4. The predicted octanol–water partition coefficient (Wildman–Crippen LogP) is 6.01. The maximum absolute atomic E-state index is 11.9. The Morgan fingerprint density at radius 2 is 1.95 bits per heavy atom. The van der Waals surface area contributed by atoms with Crippen LogP contribution in [0.15, 0.2) is 30.6 Å². The molecule has 0 saturated heterocycles. The van der Waals surface area contributed by atoms with Gasteiger partial charge in [0.1, 0.15) is 0 Å². The van der Waals surface area contributed by atoms with E-state index in [0.29, 0.717) is 43.9 Å². The Hall–Kier alpha value is -1.63. The Kier molecular flexibility index (Phi) is 12.2. The Morgan fingerprint density at radius 1 is 1.14 bits per heavy atom. The zero-order valence-electron chi connectivity index (χ0n) is 22.9. The number of unbranched alkanes of at least 4 members (excludes halogenated alkanes) is 4. The molecular formula is C31H51NO5. The van der Waals surface area contributed by atoms with Gasteiger partial charge in [-0.3, -0.25) is 4.79 Å². The lowest BCUT2D eigenvalue weighted by Crippen LogP contribution is -2.32. The molecule has 1 heterocycles. The van der Waals surface area contributed by atoms with Gasteiger partial charge in [0.2, 0.25) is 0 Å². The second-order valence-electron chi connectivity index (χ2n) is 12.1. The highest BCUT2D eigenvalue weighted by Crippen LogP contribution is 2.40. The summed E-state index contributed by atoms with van der Waals surface area (Å²) in [6, 6.07) is 2.07. The molecule has 7 unspecified atom stereocenters. The number of aromatic nitrogens is 1. The number of aromatic amines is 1. The van der Waals surface area contributed by atoms with Crippen LogP contribution >= 0.6 is 0 Å². The molecule has 37 heavy (non-hydrogen) atoms. The van der Waals surface area contributed by atoms with E-state index in [-0.39, 0.29) is 12.0 Å². The van der Waals surface area contributed by atoms with Crippen molar-refractivity contribution in [2.75, 3.05) is 0 Å². The van der Waals surface area contributed by atoms with Crippen molar-refractivity contribution in [1.29, 1.82) is 0 Å². The van der Waals surface area contributed by atoms with Gasteiger partial charge in [-0.05, 0) is 87.7 Å². The summed E-state index contributed by atoms with van der Waals surface area (Å²) in [4.78, 5) is 14.9. The third-order valence-electron chi connectivity index (χ3n) is 8.96. The normalized spacial score (nSPS) is 29.4. The lowest BCUT2D eigenvalue weighted by molar-refractivity contribution is -0.146. The standard InChI is InChI=1S/C31H51NO5/c1-2-3-5-8-23-11-12-26(29(34)20-23)9-6-4-7-10-27(30(35)36)28(33)14-17-31(37)16-13-24(21-31)19-25-15-18-32-22-25/h11-12,15,18,22-24,26-29,32-34,37H,2-10,13-14,16-17,19-21H2,1H3,(H,35,36). The van der Waals surface area contributed by atoms with Gasteiger partial charge in [-0.1, -0.05) is 57.6 Å². The van der Waals surface area contributed by atoms with Crippen LogP contribution in [0.25, 0.3) is 0 Å². The molecule has 5 N–H and O–H groups in total. The minimum absolute atomic E-state index is 0.205. The fraction of sp³-hybridized carbons (Fsp3) is 0.774. The summed E-state index contributed by atoms with van der Waals surface area (Å²) in [5, 5.41) is 42.0. The number of aliphatic hydroxyl groups is 3. The average Bonchev–Trinajstić information content (AvgIpc) is 3.51. The van der Waals surface area contributed by atoms with Crippen molar-refractivity contribution in [3.8, 4) is 0 Å². The quantitative estimate of drug-likeness (QED) is 0.128. The van der Waals surface area contributed by atoms with Crippen LogP contribution in [0, 0.1) is 23.7 Å². The molecular weight excluding hydrogens is 466 g/mol. The van der Waals surface area contributed by atoms with Crippen LogP contribution in [0.4, 0.5) is 0 Å². The first kappa shape index (κ1) is 29.9. The van der Waals surface area contributed by atoms with Crippen molar-refractivity contribution in [2.24, 2.45) is 23.7 Å². The van der Waals surface area contributed by atoms with Crippen LogP contribution in [0.1, 0.15) is 109 Å². The number of carboxylic acids is 1. The molecule has 2 aliphatic carbocycles. The summed E-state index contributed by atoms with van der Waals surface area (Å²) < 4.78 is 0. The molecule has 6 heteroatoms. The van der Waals surface area contributed by atoms with E-state index >= 15 is 0 Å². The molecule has 0 aromatic carbocycles. The van der Waals surface area contributed by atoms with Gasteiger partial charge >= 0.3 is 5.97 Å². The monoisotopic (exact) mass is 517 g/mol. The van der Waals surface area contributed by atoms with Gasteiger partial charge in [0, 0.05) is 18.3 Å². The summed E-state index contributed by atoms with van der Waals surface area (Å²) in [5.41, 5.74) is 0.454. The van der Waals surface area contributed by atoms with Crippen molar-refractivity contribution in [1.82, 2.24) is 4.98 Å². The number of H-pyrrole nitrogens is 1. The highest BCUT2D eigenvalue weighted by Gasteiger charge is 2.38. The minimum Gasteiger partial charge on any atom is -0.481 e. The number of aliphatic carboxylic acids is 1. The molecule has 210 valence electrons. The SMILES string of the molecule is CCCCCC1C=CC(CCCCCC(C(=O)O)C(O)CCC2(O)CCC(Cc3cc[nH]c3)C2)C(O)C1. The van der Waals surface area contributed by atoms with E-state index in [9.17, 15) is 25.2 Å². The molecule has 0 spiro atoms. The Bertz CT molecular complexity index is 809. The third kappa shape index (κ3) is 9.88. The Morgan fingerprint density at radius 3 is 2.65 bits per heavy atom. The molecule has 2 aliphatic rings. The number of aliphatic hydroxyl groups excluding tert-OH is 2. The second-order valence-corrected chi connectivity index (χ2v) is 12.1. The first-order chi connectivity index (χ1) is 17.8. The maximum atomic E-state index is 11.9. The van der Waals surface area contributed by atoms with Gasteiger partial charge in [0.05, 0.1) is 23.7 Å².